The predicted octanol–water partition coefficient (Wildman–Crippen LogP) is 5.22. The normalized spacial score (nSPS) is 25.9. The van der Waals surface area contributed by atoms with Crippen LogP contribution >= 0.6 is 0 Å². The first-order valence-corrected chi connectivity index (χ1v) is 11.6. The van der Waals surface area contributed by atoms with Crippen LogP contribution < -0.4 is 4.74 Å². The van der Waals surface area contributed by atoms with Crippen molar-refractivity contribution in [2.45, 2.75) is 94.8 Å². The van der Waals surface area contributed by atoms with Crippen molar-refractivity contribution in [3.63, 3.8) is 0 Å². The average molecular weight is 457 g/mol. The molecular weight excluding hydrogens is 425 g/mol. The standard InChI is InChI=1S/C23H31F3N2O4/c1-15(23(24,25)26)30-22(29)28-12-9-19(10-13-28)31-17-4-6-18(7-5-17)32-21-8-11-27-14-20(21)16-2-3-16/h8,11,14-19H,2-7,9-10,12-13H2,1H3/t15-,17?,18?/m1/s1. The van der Waals surface area contributed by atoms with Gasteiger partial charge in [-0.2, -0.15) is 13.2 Å². The van der Waals surface area contributed by atoms with E-state index < -0.39 is 18.4 Å². The maximum absolute atomic E-state index is 12.6. The first-order chi connectivity index (χ1) is 15.3. The molecule has 9 heteroatoms. The van der Waals surface area contributed by atoms with Crippen molar-refractivity contribution in [3.8, 4) is 5.75 Å². The smallest absolute Gasteiger partial charge is 0.425 e. The van der Waals surface area contributed by atoms with Gasteiger partial charge in [0.1, 0.15) is 5.75 Å². The number of carbonyl (C=O) groups excluding carboxylic acids is 1. The van der Waals surface area contributed by atoms with Gasteiger partial charge in [-0.05, 0) is 70.3 Å². The summed E-state index contributed by atoms with van der Waals surface area (Å²) in [5.74, 6) is 1.56. The highest BCUT2D eigenvalue weighted by molar-refractivity contribution is 5.68. The van der Waals surface area contributed by atoms with Gasteiger partial charge in [-0.1, -0.05) is 0 Å². The number of rotatable bonds is 6. The summed E-state index contributed by atoms with van der Waals surface area (Å²) in [4.78, 5) is 17.5. The minimum Gasteiger partial charge on any atom is -0.490 e. The lowest BCUT2D eigenvalue weighted by atomic mass is 9.94. The van der Waals surface area contributed by atoms with Crippen molar-refractivity contribution in [1.29, 1.82) is 0 Å². The molecule has 4 rings (SSSR count). The second-order valence-corrected chi connectivity index (χ2v) is 9.09. The number of likely N-dealkylation sites (tertiary alicyclic amines) is 1. The SMILES string of the molecule is C[C@@H](OC(=O)N1CCC(OC2CCC(Oc3ccncc3C3CC3)CC2)CC1)C(F)(F)F. The van der Waals surface area contributed by atoms with E-state index in [1.807, 2.05) is 12.3 Å². The number of ether oxygens (including phenoxy) is 3. The predicted molar refractivity (Wildman–Crippen MR) is 111 cm³/mol. The van der Waals surface area contributed by atoms with Crippen LogP contribution in [0, 0.1) is 0 Å². The Balaban J connectivity index is 1.16. The monoisotopic (exact) mass is 456 g/mol. The zero-order valence-electron chi connectivity index (χ0n) is 18.4. The van der Waals surface area contributed by atoms with E-state index in [4.69, 9.17) is 9.47 Å². The number of hydrogen-bond donors (Lipinski definition) is 0. The Morgan fingerprint density at radius 1 is 1.03 bits per heavy atom. The molecule has 178 valence electrons. The fourth-order valence-electron chi connectivity index (χ4n) is 4.41. The number of pyridine rings is 1. The molecule has 3 aliphatic rings. The molecule has 0 aromatic carbocycles. The van der Waals surface area contributed by atoms with E-state index in [2.05, 4.69) is 9.72 Å². The quantitative estimate of drug-likeness (QED) is 0.588. The molecule has 0 spiro atoms. The van der Waals surface area contributed by atoms with E-state index >= 15 is 0 Å². The summed E-state index contributed by atoms with van der Waals surface area (Å²) in [6, 6.07) is 1.96. The molecule has 6 nitrogen and oxygen atoms in total. The largest absolute Gasteiger partial charge is 0.490 e. The minimum atomic E-state index is -4.55. The first kappa shape index (κ1) is 23.1. The minimum absolute atomic E-state index is 0.0169. The molecule has 0 radical (unpaired) electrons. The van der Waals surface area contributed by atoms with Crippen LogP contribution in [0.3, 0.4) is 0 Å². The lowest BCUT2D eigenvalue weighted by Gasteiger charge is -2.36. The van der Waals surface area contributed by atoms with Crippen molar-refractivity contribution >= 4 is 6.09 Å². The number of amides is 1. The Bertz CT molecular complexity index is 771. The Hall–Kier alpha value is -2.03. The van der Waals surface area contributed by atoms with E-state index in [0.29, 0.717) is 31.8 Å². The van der Waals surface area contributed by atoms with Crippen LogP contribution in [0.25, 0.3) is 0 Å². The molecule has 0 N–H and O–H groups in total. The number of aromatic nitrogens is 1. The molecule has 1 atom stereocenters. The zero-order chi connectivity index (χ0) is 22.7. The number of carbonyl (C=O) groups is 1. The van der Waals surface area contributed by atoms with Crippen molar-refractivity contribution in [1.82, 2.24) is 9.88 Å². The molecule has 2 aliphatic carbocycles. The maximum Gasteiger partial charge on any atom is 0.425 e. The molecular formula is C23H31F3N2O4. The van der Waals surface area contributed by atoms with Crippen LogP contribution in [0.1, 0.15) is 69.8 Å². The summed E-state index contributed by atoms with van der Waals surface area (Å²) >= 11 is 0. The second-order valence-electron chi connectivity index (χ2n) is 9.09. The Labute approximate surface area is 186 Å². The molecule has 0 unspecified atom stereocenters. The topological polar surface area (TPSA) is 60.9 Å². The summed E-state index contributed by atoms with van der Waals surface area (Å²) in [7, 11) is 0. The van der Waals surface area contributed by atoms with E-state index in [1.54, 1.807) is 6.20 Å². The highest BCUT2D eigenvalue weighted by Crippen LogP contribution is 2.44. The van der Waals surface area contributed by atoms with Crippen molar-refractivity contribution in [2.75, 3.05) is 13.1 Å². The average Bonchev–Trinajstić information content (AvgIpc) is 3.61. The molecule has 2 saturated carbocycles. The van der Waals surface area contributed by atoms with Gasteiger partial charge in [0.05, 0.1) is 18.3 Å². The van der Waals surface area contributed by atoms with E-state index in [0.717, 1.165) is 38.4 Å². The third-order valence-electron chi connectivity index (χ3n) is 6.57. The van der Waals surface area contributed by atoms with Gasteiger partial charge in [-0.15, -0.1) is 0 Å². The van der Waals surface area contributed by atoms with Crippen LogP contribution in [0.5, 0.6) is 5.75 Å². The lowest BCUT2D eigenvalue weighted by molar-refractivity contribution is -0.200. The van der Waals surface area contributed by atoms with Gasteiger partial charge >= 0.3 is 12.3 Å². The number of halogens is 3. The van der Waals surface area contributed by atoms with Crippen LogP contribution in [-0.2, 0) is 9.47 Å². The highest BCUT2D eigenvalue weighted by Gasteiger charge is 2.40. The van der Waals surface area contributed by atoms with Crippen molar-refractivity contribution < 1.29 is 32.2 Å². The Morgan fingerprint density at radius 2 is 1.66 bits per heavy atom. The van der Waals surface area contributed by atoms with E-state index in [-0.39, 0.29) is 18.3 Å². The summed E-state index contributed by atoms with van der Waals surface area (Å²) in [6.07, 6.45) is 3.82. The van der Waals surface area contributed by atoms with Gasteiger partial charge in [-0.25, -0.2) is 4.79 Å². The van der Waals surface area contributed by atoms with E-state index in [9.17, 15) is 18.0 Å². The summed E-state index contributed by atoms with van der Waals surface area (Å²) in [6.45, 7) is 1.53. The Kier molecular flexibility index (Phi) is 7.12. The first-order valence-electron chi connectivity index (χ1n) is 11.6. The third kappa shape index (κ3) is 6.05. The molecule has 3 fully saturated rings. The number of piperidine rings is 1. The maximum atomic E-state index is 12.6. The van der Waals surface area contributed by atoms with Crippen LogP contribution in [0.4, 0.5) is 18.0 Å². The second kappa shape index (κ2) is 9.85. The molecule has 1 aromatic heterocycles. The van der Waals surface area contributed by atoms with Gasteiger partial charge in [0.15, 0.2) is 6.10 Å². The molecule has 2 heterocycles. The summed E-state index contributed by atoms with van der Waals surface area (Å²) in [5.41, 5.74) is 1.22. The molecule has 1 saturated heterocycles. The third-order valence-corrected chi connectivity index (χ3v) is 6.57. The van der Waals surface area contributed by atoms with Crippen LogP contribution in [-0.4, -0.2) is 59.7 Å². The van der Waals surface area contributed by atoms with Gasteiger partial charge in [0.2, 0.25) is 0 Å². The van der Waals surface area contributed by atoms with Crippen LogP contribution in [0.15, 0.2) is 18.5 Å². The molecule has 1 amide bonds. The zero-order valence-corrected chi connectivity index (χ0v) is 18.4. The summed E-state index contributed by atoms with van der Waals surface area (Å²) in [5, 5.41) is 0. The molecule has 0 bridgehead atoms. The van der Waals surface area contributed by atoms with Crippen LogP contribution in [0.2, 0.25) is 0 Å². The van der Waals surface area contributed by atoms with E-state index in [1.165, 1.54) is 23.3 Å². The fraction of sp³-hybridized carbons (Fsp3) is 0.739. The number of alkyl halides is 3. The van der Waals surface area contributed by atoms with Crippen molar-refractivity contribution in [3.05, 3.63) is 24.0 Å². The Morgan fingerprint density at radius 3 is 2.28 bits per heavy atom. The van der Waals surface area contributed by atoms with Gasteiger partial charge in [-0.3, -0.25) is 4.98 Å². The fourth-order valence-corrected chi connectivity index (χ4v) is 4.41. The summed E-state index contributed by atoms with van der Waals surface area (Å²) < 4.78 is 54.8. The molecule has 1 aromatic rings. The number of hydrogen-bond acceptors (Lipinski definition) is 5. The van der Waals surface area contributed by atoms with Gasteiger partial charge in [0.25, 0.3) is 0 Å². The highest BCUT2D eigenvalue weighted by atomic mass is 19.4. The molecule has 32 heavy (non-hydrogen) atoms. The van der Waals surface area contributed by atoms with Gasteiger partial charge in [0, 0.05) is 31.0 Å². The lowest BCUT2D eigenvalue weighted by Crippen LogP contribution is -2.44. The number of nitrogens with zero attached hydrogens (tertiary/aromatic N) is 2. The van der Waals surface area contributed by atoms with Gasteiger partial charge < -0.3 is 19.1 Å². The molecule has 1 aliphatic heterocycles. The van der Waals surface area contributed by atoms with Crippen molar-refractivity contribution in [2.24, 2.45) is 0 Å².